The molecule has 2 N–H and O–H groups in total. The maximum absolute atomic E-state index is 13.0. The van der Waals surface area contributed by atoms with Gasteiger partial charge in [0.05, 0.1) is 5.52 Å². The van der Waals surface area contributed by atoms with E-state index >= 15 is 0 Å². The van der Waals surface area contributed by atoms with Gasteiger partial charge in [0.2, 0.25) is 0 Å². The Bertz CT molecular complexity index is 1010. The molecule has 4 rings (SSSR count). The van der Waals surface area contributed by atoms with Crippen molar-refractivity contribution in [1.82, 2.24) is 9.47 Å². The summed E-state index contributed by atoms with van der Waals surface area (Å²) in [5.74, 6) is 0. The average molecular weight is 406 g/mol. The molecule has 1 aliphatic rings. The summed E-state index contributed by atoms with van der Waals surface area (Å²) in [6.07, 6.45) is 3.84. The first kappa shape index (κ1) is 22.3. The van der Waals surface area contributed by atoms with Crippen LogP contribution in [0.2, 0.25) is 0 Å². The summed E-state index contributed by atoms with van der Waals surface area (Å²) < 4.78 is 1.93. The maximum atomic E-state index is 13.0. The first-order valence-electron chi connectivity index (χ1n) is 11.3. The van der Waals surface area contributed by atoms with E-state index in [4.69, 9.17) is 5.73 Å². The van der Waals surface area contributed by atoms with Crippen molar-refractivity contribution >= 4 is 10.9 Å². The lowest BCUT2D eigenvalue weighted by Crippen LogP contribution is -2.35. The van der Waals surface area contributed by atoms with Gasteiger partial charge in [-0.3, -0.25) is 4.79 Å². The molecule has 0 amide bonds. The Morgan fingerprint density at radius 3 is 2.20 bits per heavy atom. The molecule has 0 saturated carbocycles. The highest BCUT2D eigenvalue weighted by atomic mass is 16.1. The van der Waals surface area contributed by atoms with Crippen molar-refractivity contribution in [3.63, 3.8) is 0 Å². The van der Waals surface area contributed by atoms with Crippen LogP contribution in [0, 0.1) is 6.92 Å². The van der Waals surface area contributed by atoms with Gasteiger partial charge in [-0.25, -0.2) is 0 Å². The molecule has 1 aromatic heterocycles. The molecule has 2 heterocycles. The molecule has 0 atom stereocenters. The number of nitrogens with zero attached hydrogens (tertiary/aromatic N) is 2. The lowest BCUT2D eigenvalue weighted by atomic mass is 10.0. The predicted molar refractivity (Wildman–Crippen MR) is 128 cm³/mol. The third-order valence-electron chi connectivity index (χ3n) is 5.86. The number of hydrogen-bond donors (Lipinski definition) is 1. The van der Waals surface area contributed by atoms with E-state index < -0.39 is 0 Å². The highest BCUT2D eigenvalue weighted by Crippen LogP contribution is 2.25. The summed E-state index contributed by atoms with van der Waals surface area (Å²) >= 11 is 0. The minimum atomic E-state index is 0.0491. The van der Waals surface area contributed by atoms with Crippen LogP contribution in [0.15, 0.2) is 53.3 Å². The summed E-state index contributed by atoms with van der Waals surface area (Å²) in [5, 5.41) is 1.08. The van der Waals surface area contributed by atoms with E-state index in [1.165, 1.54) is 30.4 Å². The molecule has 30 heavy (non-hydrogen) atoms. The van der Waals surface area contributed by atoms with Gasteiger partial charge in [0.25, 0.3) is 5.56 Å². The Hall–Kier alpha value is -2.43. The Morgan fingerprint density at radius 2 is 1.53 bits per heavy atom. The normalized spacial score (nSPS) is 14.4. The number of fused-ring (bicyclic) bond motifs is 1. The lowest BCUT2D eigenvalue weighted by Gasteiger charge is -2.27. The molecule has 0 bridgehead atoms. The highest BCUT2D eigenvalue weighted by Gasteiger charge is 2.13. The van der Waals surface area contributed by atoms with E-state index in [2.05, 4.69) is 54.3 Å². The molecule has 160 valence electrons. The number of aryl methyl sites for hydroxylation is 1. The molecule has 0 spiro atoms. The van der Waals surface area contributed by atoms with Gasteiger partial charge < -0.3 is 15.2 Å². The number of nitrogens with two attached hydrogens (primary N) is 1. The minimum Gasteiger partial charge on any atom is -0.326 e. The minimum absolute atomic E-state index is 0.0491. The van der Waals surface area contributed by atoms with Gasteiger partial charge in [0.1, 0.15) is 0 Å². The molecule has 1 saturated heterocycles. The standard InChI is InChI=1S/C24H29N3O.C2H6/c1-18-5-7-19(8-6-18)20-9-10-21-15-22(17-25)24(28)27(23(21)16-20)14-13-26-11-3-2-4-12-26;1-2/h5-10,15-16H,2-4,11-14,17,25H2,1H3;1-2H3. The quantitative estimate of drug-likeness (QED) is 0.653. The zero-order chi connectivity index (χ0) is 21.5. The van der Waals surface area contributed by atoms with Crippen LogP contribution in [-0.2, 0) is 13.1 Å². The number of likely N-dealkylation sites (tertiary alicyclic amines) is 1. The number of rotatable bonds is 5. The summed E-state index contributed by atoms with van der Waals surface area (Å²) in [4.78, 5) is 15.5. The van der Waals surface area contributed by atoms with Gasteiger partial charge in [0, 0.05) is 25.2 Å². The monoisotopic (exact) mass is 405 g/mol. The molecule has 0 aliphatic carbocycles. The van der Waals surface area contributed by atoms with Crippen LogP contribution in [-0.4, -0.2) is 29.1 Å². The number of hydrogen-bond acceptors (Lipinski definition) is 3. The SMILES string of the molecule is CC.Cc1ccc(-c2ccc3cc(CN)c(=O)n(CCN4CCCCC4)c3c2)cc1. The van der Waals surface area contributed by atoms with E-state index in [-0.39, 0.29) is 12.1 Å². The van der Waals surface area contributed by atoms with Crippen LogP contribution < -0.4 is 11.3 Å². The maximum Gasteiger partial charge on any atom is 0.255 e. The highest BCUT2D eigenvalue weighted by molar-refractivity contribution is 5.85. The second-order valence-electron chi connectivity index (χ2n) is 7.87. The Morgan fingerprint density at radius 1 is 0.867 bits per heavy atom. The van der Waals surface area contributed by atoms with Gasteiger partial charge in [0.15, 0.2) is 0 Å². The molecule has 4 nitrogen and oxygen atoms in total. The van der Waals surface area contributed by atoms with Crippen LogP contribution >= 0.6 is 0 Å². The third-order valence-corrected chi connectivity index (χ3v) is 5.86. The number of pyridine rings is 1. The summed E-state index contributed by atoms with van der Waals surface area (Å²) in [7, 11) is 0. The average Bonchev–Trinajstić information content (AvgIpc) is 2.80. The first-order chi connectivity index (χ1) is 14.7. The fraction of sp³-hybridized carbons (Fsp3) is 0.423. The van der Waals surface area contributed by atoms with Crippen molar-refractivity contribution in [2.24, 2.45) is 5.73 Å². The molecule has 4 heteroatoms. The smallest absolute Gasteiger partial charge is 0.255 e. The van der Waals surface area contributed by atoms with Crippen molar-refractivity contribution in [3.05, 3.63) is 70.0 Å². The van der Waals surface area contributed by atoms with Crippen LogP contribution in [0.3, 0.4) is 0 Å². The number of aromatic nitrogens is 1. The van der Waals surface area contributed by atoms with E-state index in [0.717, 1.165) is 36.1 Å². The summed E-state index contributed by atoms with van der Waals surface area (Å²) in [5.41, 5.74) is 11.2. The second kappa shape index (κ2) is 10.6. The fourth-order valence-corrected chi connectivity index (χ4v) is 4.15. The van der Waals surface area contributed by atoms with Crippen molar-refractivity contribution in [2.75, 3.05) is 19.6 Å². The van der Waals surface area contributed by atoms with Gasteiger partial charge in [-0.1, -0.05) is 62.2 Å². The lowest BCUT2D eigenvalue weighted by molar-refractivity contribution is 0.221. The second-order valence-corrected chi connectivity index (χ2v) is 7.87. The topological polar surface area (TPSA) is 51.3 Å². The van der Waals surface area contributed by atoms with Gasteiger partial charge in [-0.2, -0.15) is 0 Å². The Balaban J connectivity index is 0.00000124. The molecule has 0 radical (unpaired) electrons. The third kappa shape index (κ3) is 5.00. The van der Waals surface area contributed by atoms with E-state index in [1.807, 2.05) is 24.5 Å². The first-order valence-corrected chi connectivity index (χ1v) is 11.3. The van der Waals surface area contributed by atoms with Crippen LogP contribution in [0.1, 0.15) is 44.2 Å². The number of benzene rings is 2. The Kier molecular flexibility index (Phi) is 7.83. The van der Waals surface area contributed by atoms with Crippen molar-refractivity contribution < 1.29 is 0 Å². The fourth-order valence-electron chi connectivity index (χ4n) is 4.15. The molecule has 1 aliphatic heterocycles. The largest absolute Gasteiger partial charge is 0.326 e. The van der Waals surface area contributed by atoms with Crippen molar-refractivity contribution in [3.8, 4) is 11.1 Å². The zero-order valence-electron chi connectivity index (χ0n) is 18.7. The van der Waals surface area contributed by atoms with Gasteiger partial charge in [-0.15, -0.1) is 0 Å². The van der Waals surface area contributed by atoms with E-state index in [0.29, 0.717) is 12.1 Å². The van der Waals surface area contributed by atoms with E-state index in [1.54, 1.807) is 0 Å². The molecule has 3 aromatic rings. The zero-order valence-corrected chi connectivity index (χ0v) is 18.7. The van der Waals surface area contributed by atoms with Crippen molar-refractivity contribution in [2.45, 2.75) is 53.1 Å². The molecule has 0 unspecified atom stereocenters. The van der Waals surface area contributed by atoms with Crippen LogP contribution in [0.4, 0.5) is 0 Å². The molecule has 2 aromatic carbocycles. The predicted octanol–water partition coefficient (Wildman–Crippen LogP) is 4.95. The van der Waals surface area contributed by atoms with Gasteiger partial charge >= 0.3 is 0 Å². The summed E-state index contributed by atoms with van der Waals surface area (Å²) in [6, 6.07) is 16.9. The summed E-state index contributed by atoms with van der Waals surface area (Å²) in [6.45, 7) is 10.3. The molecular weight excluding hydrogens is 370 g/mol. The van der Waals surface area contributed by atoms with Crippen LogP contribution in [0.5, 0.6) is 0 Å². The molecular formula is C26H35N3O. The number of piperidine rings is 1. The molecule has 1 fully saturated rings. The Labute approximate surface area is 180 Å². The van der Waals surface area contributed by atoms with Gasteiger partial charge in [-0.05, 0) is 61.5 Å². The van der Waals surface area contributed by atoms with Crippen LogP contribution in [0.25, 0.3) is 22.0 Å². The van der Waals surface area contributed by atoms with E-state index in [9.17, 15) is 4.79 Å². The van der Waals surface area contributed by atoms with Crippen molar-refractivity contribution in [1.29, 1.82) is 0 Å².